The summed E-state index contributed by atoms with van der Waals surface area (Å²) in [5.41, 5.74) is 1.03. The van der Waals surface area contributed by atoms with E-state index in [-0.39, 0.29) is 17.9 Å². The van der Waals surface area contributed by atoms with Crippen LogP contribution in [-0.2, 0) is 20.7 Å². The van der Waals surface area contributed by atoms with E-state index in [1.54, 1.807) is 6.92 Å². The fraction of sp³-hybridized carbons (Fsp3) is 0.579. The summed E-state index contributed by atoms with van der Waals surface area (Å²) in [7, 11) is 0. The van der Waals surface area contributed by atoms with Gasteiger partial charge in [0.15, 0.2) is 0 Å². The van der Waals surface area contributed by atoms with Crippen LogP contribution in [0.4, 0.5) is 0 Å². The first-order chi connectivity index (χ1) is 11.6. The third-order valence-electron chi connectivity index (χ3n) is 4.49. The maximum Gasteiger partial charge on any atom is 0.249 e. The number of ether oxygens (including phenoxy) is 1. The lowest BCUT2D eigenvalue weighted by molar-refractivity contribution is -0.136. The zero-order valence-electron chi connectivity index (χ0n) is 14.2. The van der Waals surface area contributed by atoms with Crippen LogP contribution in [0.5, 0.6) is 0 Å². The number of carbonyl (C=O) groups is 2. The fourth-order valence-electron chi connectivity index (χ4n) is 2.52. The summed E-state index contributed by atoms with van der Waals surface area (Å²) in [5, 5.41) is 5.85. The van der Waals surface area contributed by atoms with Gasteiger partial charge in [0.2, 0.25) is 11.8 Å². The van der Waals surface area contributed by atoms with E-state index in [1.807, 2.05) is 30.3 Å². The lowest BCUT2D eigenvalue weighted by atomic mass is 10.0. The van der Waals surface area contributed by atoms with Crippen LogP contribution in [-0.4, -0.2) is 36.6 Å². The van der Waals surface area contributed by atoms with Crippen LogP contribution >= 0.6 is 0 Å². The quantitative estimate of drug-likeness (QED) is 0.726. The van der Waals surface area contributed by atoms with Gasteiger partial charge in [-0.3, -0.25) is 9.59 Å². The average Bonchev–Trinajstić information content (AvgIpc) is 3.48. The molecule has 2 fully saturated rings. The summed E-state index contributed by atoms with van der Waals surface area (Å²) < 4.78 is 5.61. The van der Waals surface area contributed by atoms with Crippen molar-refractivity contribution in [1.82, 2.24) is 10.6 Å². The highest BCUT2D eigenvalue weighted by atomic mass is 16.5. The van der Waals surface area contributed by atoms with E-state index in [0.717, 1.165) is 18.4 Å². The Labute approximate surface area is 143 Å². The van der Waals surface area contributed by atoms with Crippen molar-refractivity contribution in [3.05, 3.63) is 35.9 Å². The molecule has 0 radical (unpaired) electrons. The minimum Gasteiger partial charge on any atom is -0.368 e. The van der Waals surface area contributed by atoms with Gasteiger partial charge in [0.05, 0.1) is 6.61 Å². The second kappa shape index (κ2) is 7.79. The number of nitrogens with one attached hydrogen (secondary N) is 2. The molecule has 5 nitrogen and oxygen atoms in total. The molecule has 2 saturated carbocycles. The molecule has 1 aromatic carbocycles. The fourth-order valence-corrected chi connectivity index (χ4v) is 2.52. The molecule has 0 spiro atoms. The lowest BCUT2D eigenvalue weighted by Gasteiger charge is -2.21. The highest BCUT2D eigenvalue weighted by Crippen LogP contribution is 2.29. The Morgan fingerprint density at radius 2 is 1.83 bits per heavy atom. The molecule has 0 aliphatic heterocycles. The molecule has 0 heterocycles. The van der Waals surface area contributed by atoms with Crippen LogP contribution in [0.25, 0.3) is 0 Å². The first kappa shape index (κ1) is 17.0. The van der Waals surface area contributed by atoms with Gasteiger partial charge in [-0.25, -0.2) is 0 Å². The van der Waals surface area contributed by atoms with Gasteiger partial charge >= 0.3 is 0 Å². The lowest BCUT2D eigenvalue weighted by Crippen LogP contribution is -2.51. The number of benzene rings is 1. The Morgan fingerprint density at radius 1 is 1.12 bits per heavy atom. The summed E-state index contributed by atoms with van der Waals surface area (Å²) >= 11 is 0. The summed E-state index contributed by atoms with van der Waals surface area (Å²) in [6.45, 7) is 2.38. The van der Waals surface area contributed by atoms with Crippen LogP contribution in [0, 0.1) is 5.92 Å². The van der Waals surface area contributed by atoms with E-state index in [9.17, 15) is 9.59 Å². The summed E-state index contributed by atoms with van der Waals surface area (Å²) in [4.78, 5) is 24.8. The van der Waals surface area contributed by atoms with Gasteiger partial charge in [-0.1, -0.05) is 30.3 Å². The van der Waals surface area contributed by atoms with Gasteiger partial charge in [0.1, 0.15) is 12.1 Å². The predicted molar refractivity (Wildman–Crippen MR) is 91.4 cm³/mol. The first-order valence-corrected chi connectivity index (χ1v) is 8.88. The molecule has 2 aliphatic carbocycles. The molecular formula is C19H26N2O3. The highest BCUT2D eigenvalue weighted by molar-refractivity contribution is 5.89. The van der Waals surface area contributed by atoms with Crippen molar-refractivity contribution in [2.45, 2.75) is 57.2 Å². The number of rotatable bonds is 9. The van der Waals surface area contributed by atoms with Crippen molar-refractivity contribution in [3.63, 3.8) is 0 Å². The van der Waals surface area contributed by atoms with Gasteiger partial charge in [-0.05, 0) is 44.1 Å². The van der Waals surface area contributed by atoms with Crippen molar-refractivity contribution in [2.75, 3.05) is 6.61 Å². The van der Waals surface area contributed by atoms with Crippen LogP contribution in [0.2, 0.25) is 0 Å². The molecule has 0 aromatic heterocycles. The van der Waals surface area contributed by atoms with E-state index in [4.69, 9.17) is 4.74 Å². The third-order valence-corrected chi connectivity index (χ3v) is 4.49. The molecule has 130 valence electrons. The number of amides is 2. The molecule has 5 heteroatoms. The molecule has 1 aromatic rings. The summed E-state index contributed by atoms with van der Waals surface area (Å²) in [6, 6.07) is 9.47. The van der Waals surface area contributed by atoms with Crippen LogP contribution < -0.4 is 10.6 Å². The minimum absolute atomic E-state index is 0.107. The van der Waals surface area contributed by atoms with E-state index in [1.165, 1.54) is 12.8 Å². The van der Waals surface area contributed by atoms with Crippen molar-refractivity contribution in [3.8, 4) is 0 Å². The molecule has 0 unspecified atom stereocenters. The number of hydrogen-bond donors (Lipinski definition) is 2. The zero-order valence-corrected chi connectivity index (χ0v) is 14.2. The molecule has 2 N–H and O–H groups in total. The van der Waals surface area contributed by atoms with Gasteiger partial charge in [0, 0.05) is 12.5 Å². The Bertz CT molecular complexity index is 567. The highest BCUT2D eigenvalue weighted by Gasteiger charge is 2.30. The van der Waals surface area contributed by atoms with E-state index in [0.29, 0.717) is 18.9 Å². The molecule has 3 rings (SSSR count). The Balaban J connectivity index is 1.56. The summed E-state index contributed by atoms with van der Waals surface area (Å²) in [5.74, 6) is 0.283. The molecule has 0 saturated heterocycles. The second-order valence-electron chi connectivity index (χ2n) is 6.95. The van der Waals surface area contributed by atoms with Crippen molar-refractivity contribution in [1.29, 1.82) is 0 Å². The van der Waals surface area contributed by atoms with Crippen LogP contribution in [0.1, 0.15) is 38.2 Å². The predicted octanol–water partition coefficient (Wildman–Crippen LogP) is 1.81. The average molecular weight is 330 g/mol. The molecule has 2 atom stereocenters. The van der Waals surface area contributed by atoms with E-state index in [2.05, 4.69) is 10.6 Å². The van der Waals surface area contributed by atoms with Crippen LogP contribution in [0.15, 0.2) is 30.3 Å². The Hall–Kier alpha value is -1.88. The van der Waals surface area contributed by atoms with Gasteiger partial charge < -0.3 is 15.4 Å². The van der Waals surface area contributed by atoms with Crippen molar-refractivity contribution < 1.29 is 14.3 Å². The maximum atomic E-state index is 12.5. The second-order valence-corrected chi connectivity index (χ2v) is 6.95. The topological polar surface area (TPSA) is 67.4 Å². The molecule has 2 amide bonds. The van der Waals surface area contributed by atoms with Gasteiger partial charge in [0.25, 0.3) is 0 Å². The molecule has 0 bridgehead atoms. The Kier molecular flexibility index (Phi) is 5.51. The maximum absolute atomic E-state index is 12.5. The van der Waals surface area contributed by atoms with Crippen LogP contribution in [0.3, 0.4) is 0 Å². The standard InChI is InChI=1S/C19H26N2O3/c1-13(24-12-15-7-8-15)18(22)21-17(19(23)20-16-9-10-16)11-14-5-3-2-4-6-14/h2-6,13,15-17H,7-12H2,1H3,(H,20,23)(H,21,22)/t13-,17+/m0/s1. The largest absolute Gasteiger partial charge is 0.368 e. The molecule has 24 heavy (non-hydrogen) atoms. The van der Waals surface area contributed by atoms with Gasteiger partial charge in [-0.15, -0.1) is 0 Å². The first-order valence-electron chi connectivity index (χ1n) is 8.88. The van der Waals surface area contributed by atoms with Crippen molar-refractivity contribution >= 4 is 11.8 Å². The SMILES string of the molecule is C[C@H](OCC1CC1)C(=O)N[C@H](Cc1ccccc1)C(=O)NC1CC1. The van der Waals surface area contributed by atoms with Gasteiger partial charge in [-0.2, -0.15) is 0 Å². The third kappa shape index (κ3) is 5.34. The molecule has 2 aliphatic rings. The minimum atomic E-state index is -0.563. The smallest absolute Gasteiger partial charge is 0.249 e. The molecular weight excluding hydrogens is 304 g/mol. The normalized spacial score (nSPS) is 19.4. The van der Waals surface area contributed by atoms with E-state index >= 15 is 0 Å². The number of hydrogen-bond acceptors (Lipinski definition) is 3. The van der Waals surface area contributed by atoms with E-state index < -0.39 is 12.1 Å². The monoisotopic (exact) mass is 330 g/mol. The van der Waals surface area contributed by atoms with Crippen molar-refractivity contribution in [2.24, 2.45) is 5.92 Å². The Morgan fingerprint density at radius 3 is 2.46 bits per heavy atom. The zero-order chi connectivity index (χ0) is 16.9. The number of carbonyl (C=O) groups excluding carboxylic acids is 2. The summed E-state index contributed by atoms with van der Waals surface area (Å²) in [6.07, 6.45) is 4.39.